The molecule has 2 aliphatic rings. The van der Waals surface area contributed by atoms with Crippen molar-refractivity contribution in [3.05, 3.63) is 98.8 Å². The van der Waals surface area contributed by atoms with E-state index in [1.807, 2.05) is 0 Å². The van der Waals surface area contributed by atoms with E-state index in [0.29, 0.717) is 11.4 Å². The summed E-state index contributed by atoms with van der Waals surface area (Å²) in [6, 6.07) is 15.6. The molecule has 0 saturated carbocycles. The van der Waals surface area contributed by atoms with Crippen LogP contribution in [0.5, 0.6) is 0 Å². The number of ketones is 2. The smallest absolute Gasteiger partial charge is 0.325 e. The monoisotopic (exact) mass is 636 g/mol. The van der Waals surface area contributed by atoms with Gasteiger partial charge in [0.05, 0.1) is 22.1 Å². The number of aliphatic carboxylic acids is 1. The number of urea groups is 1. The van der Waals surface area contributed by atoms with Crippen molar-refractivity contribution in [1.29, 1.82) is 0 Å². The molecule has 3 aromatic carbocycles. The van der Waals surface area contributed by atoms with Gasteiger partial charge in [-0.3, -0.25) is 24.5 Å². The van der Waals surface area contributed by atoms with Crippen LogP contribution in [0.4, 0.5) is 10.5 Å². The van der Waals surface area contributed by atoms with E-state index in [0.717, 1.165) is 5.56 Å². The standard InChI is InChI=1S/C29H18Cl2N4O7S/c30-18-10-7-14(11-19(18)31)23-21(22(27(39)40)29(42-23)24(36)16-3-1-2-4-17(16)25(29)37)26(38)33-28(41)32-15-8-5-13(6-9-15)20-12-43-35-34-20/h1-12,21-23H,(H,39,40)(H2,32,33,38,41). The van der Waals surface area contributed by atoms with Gasteiger partial charge < -0.3 is 15.2 Å². The number of rotatable bonds is 5. The molecule has 11 nitrogen and oxygen atoms in total. The summed E-state index contributed by atoms with van der Waals surface area (Å²) < 4.78 is 9.88. The van der Waals surface area contributed by atoms with Gasteiger partial charge in [-0.1, -0.05) is 70.2 Å². The van der Waals surface area contributed by atoms with E-state index < -0.39 is 53.0 Å². The Morgan fingerprint density at radius 3 is 2.19 bits per heavy atom. The fourth-order valence-corrected chi connectivity index (χ4v) is 6.27. The average molecular weight is 637 g/mol. The molecule has 43 heavy (non-hydrogen) atoms. The zero-order chi connectivity index (χ0) is 30.5. The molecule has 1 spiro atoms. The van der Waals surface area contributed by atoms with Gasteiger partial charge in [0.25, 0.3) is 0 Å². The fraction of sp³-hybridized carbons (Fsp3) is 0.138. The molecule has 6 rings (SSSR count). The number of hydrogen-bond donors (Lipinski definition) is 3. The largest absolute Gasteiger partial charge is 0.481 e. The van der Waals surface area contributed by atoms with Crippen LogP contribution in [-0.2, 0) is 14.3 Å². The van der Waals surface area contributed by atoms with Crippen molar-refractivity contribution < 1.29 is 33.8 Å². The number of anilines is 1. The van der Waals surface area contributed by atoms with Crippen LogP contribution in [0.1, 0.15) is 32.4 Å². The quantitative estimate of drug-likeness (QED) is 0.254. The number of carbonyl (C=O) groups is 5. The van der Waals surface area contributed by atoms with Crippen molar-refractivity contribution in [2.75, 3.05) is 5.32 Å². The predicted molar refractivity (Wildman–Crippen MR) is 155 cm³/mol. The molecule has 3 N–H and O–H groups in total. The van der Waals surface area contributed by atoms with Crippen molar-refractivity contribution in [1.82, 2.24) is 14.9 Å². The van der Waals surface area contributed by atoms with Gasteiger partial charge in [-0.2, -0.15) is 0 Å². The minimum atomic E-state index is -2.55. The lowest BCUT2D eigenvalue weighted by Crippen LogP contribution is -2.53. The summed E-state index contributed by atoms with van der Waals surface area (Å²) in [6.45, 7) is 0. The molecule has 216 valence electrons. The Morgan fingerprint density at radius 1 is 0.930 bits per heavy atom. The number of nitrogens with one attached hydrogen (secondary N) is 2. The number of ether oxygens (including phenoxy) is 1. The van der Waals surface area contributed by atoms with Crippen molar-refractivity contribution in [2.45, 2.75) is 11.7 Å². The number of halogens is 2. The number of carboxylic acids is 1. The lowest BCUT2D eigenvalue weighted by atomic mass is 9.75. The van der Waals surface area contributed by atoms with E-state index in [1.165, 1.54) is 54.0 Å². The molecule has 1 aromatic heterocycles. The normalized spacial score (nSPS) is 20.2. The summed E-state index contributed by atoms with van der Waals surface area (Å²) in [5.74, 6) is -8.19. The minimum absolute atomic E-state index is 0.0256. The second-order valence-corrected chi connectivity index (χ2v) is 11.2. The summed E-state index contributed by atoms with van der Waals surface area (Å²) in [7, 11) is 0. The maximum Gasteiger partial charge on any atom is 0.325 e. The third kappa shape index (κ3) is 4.78. The van der Waals surface area contributed by atoms with Crippen LogP contribution >= 0.6 is 34.7 Å². The number of fused-ring (bicyclic) bond motifs is 1. The third-order valence-electron chi connectivity index (χ3n) is 7.40. The lowest BCUT2D eigenvalue weighted by Gasteiger charge is -2.25. The Balaban J connectivity index is 1.33. The second-order valence-electron chi connectivity index (χ2n) is 9.80. The van der Waals surface area contributed by atoms with Gasteiger partial charge in [-0.15, -0.1) is 5.10 Å². The van der Waals surface area contributed by atoms with E-state index in [1.54, 1.807) is 29.6 Å². The van der Waals surface area contributed by atoms with Crippen LogP contribution in [0.25, 0.3) is 11.3 Å². The maximum atomic E-state index is 13.7. The number of imide groups is 1. The molecule has 1 aliphatic heterocycles. The van der Waals surface area contributed by atoms with Gasteiger partial charge in [-0.25, -0.2) is 4.79 Å². The summed E-state index contributed by atoms with van der Waals surface area (Å²) >= 11 is 13.5. The minimum Gasteiger partial charge on any atom is -0.481 e. The molecule has 14 heteroatoms. The zero-order valence-electron chi connectivity index (χ0n) is 21.6. The number of Topliss-reactive ketones (excluding diaryl/α,β-unsaturated/α-hetero) is 2. The first-order valence-electron chi connectivity index (χ1n) is 12.7. The second kappa shape index (κ2) is 11.0. The first-order valence-corrected chi connectivity index (χ1v) is 14.2. The van der Waals surface area contributed by atoms with Gasteiger partial charge in [0.1, 0.15) is 11.6 Å². The molecule has 0 radical (unpaired) electrons. The van der Waals surface area contributed by atoms with Gasteiger partial charge in [0.2, 0.25) is 23.1 Å². The molecular formula is C29H18Cl2N4O7S. The molecule has 3 unspecified atom stereocenters. The summed E-state index contributed by atoms with van der Waals surface area (Å²) in [4.78, 5) is 66.9. The van der Waals surface area contributed by atoms with Crippen molar-refractivity contribution in [2.24, 2.45) is 11.8 Å². The van der Waals surface area contributed by atoms with Crippen LogP contribution in [0.15, 0.2) is 72.1 Å². The van der Waals surface area contributed by atoms with E-state index in [4.69, 9.17) is 27.9 Å². The van der Waals surface area contributed by atoms with Crippen LogP contribution in [0, 0.1) is 11.8 Å². The zero-order valence-corrected chi connectivity index (χ0v) is 23.9. The van der Waals surface area contributed by atoms with E-state index >= 15 is 0 Å². The first-order chi connectivity index (χ1) is 20.6. The fourth-order valence-electron chi connectivity index (χ4n) is 5.50. The average Bonchev–Trinajstić information content (AvgIpc) is 3.70. The molecule has 3 amide bonds. The Labute approximate surface area is 256 Å². The molecular weight excluding hydrogens is 619 g/mol. The molecule has 1 aliphatic carbocycles. The number of carboxylic acid groups (broad SMARTS) is 1. The molecule has 1 saturated heterocycles. The van der Waals surface area contributed by atoms with E-state index in [2.05, 4.69) is 20.2 Å². The lowest BCUT2D eigenvalue weighted by molar-refractivity contribution is -0.148. The maximum absolute atomic E-state index is 13.7. The van der Waals surface area contributed by atoms with E-state index in [-0.39, 0.29) is 26.7 Å². The molecule has 0 bridgehead atoms. The molecule has 1 fully saturated rings. The van der Waals surface area contributed by atoms with Gasteiger partial charge in [-0.05, 0) is 41.4 Å². The topological polar surface area (TPSA) is 165 Å². The van der Waals surface area contributed by atoms with Crippen LogP contribution in [0.2, 0.25) is 10.0 Å². The number of carbonyl (C=O) groups excluding carboxylic acids is 4. The van der Waals surface area contributed by atoms with Crippen molar-refractivity contribution in [3.63, 3.8) is 0 Å². The summed E-state index contributed by atoms with van der Waals surface area (Å²) in [6.07, 6.45) is -1.46. The van der Waals surface area contributed by atoms with E-state index in [9.17, 15) is 29.1 Å². The van der Waals surface area contributed by atoms with Crippen molar-refractivity contribution in [3.8, 4) is 11.3 Å². The van der Waals surface area contributed by atoms with Crippen LogP contribution in [0.3, 0.4) is 0 Å². The van der Waals surface area contributed by atoms with Gasteiger partial charge >= 0.3 is 12.0 Å². The number of amides is 3. The number of aromatic nitrogens is 2. The Bertz CT molecular complexity index is 1780. The van der Waals surface area contributed by atoms with Crippen LogP contribution in [-0.4, -0.2) is 49.8 Å². The highest BCUT2D eigenvalue weighted by Gasteiger charge is 2.71. The molecule has 3 atom stereocenters. The highest BCUT2D eigenvalue weighted by molar-refractivity contribution is 7.03. The van der Waals surface area contributed by atoms with Crippen LogP contribution < -0.4 is 10.6 Å². The number of nitrogens with zero attached hydrogens (tertiary/aromatic N) is 2. The van der Waals surface area contributed by atoms with Gasteiger partial charge in [0, 0.05) is 27.8 Å². The first kappa shape index (κ1) is 28.6. The number of benzene rings is 3. The SMILES string of the molecule is O=C(NC(=O)C1C(c2ccc(Cl)c(Cl)c2)OC2(C(=O)c3ccccc3C2=O)C1C(=O)O)Nc1ccc(-c2csnn2)cc1. The Kier molecular flexibility index (Phi) is 7.30. The Morgan fingerprint density at radius 2 is 1.60 bits per heavy atom. The predicted octanol–water partition coefficient (Wildman–Crippen LogP) is 5.07. The highest BCUT2D eigenvalue weighted by Crippen LogP contribution is 2.54. The molecule has 2 heterocycles. The Hall–Kier alpha value is -4.49. The molecule has 4 aromatic rings. The summed E-state index contributed by atoms with van der Waals surface area (Å²) in [5, 5.41) is 21.0. The summed E-state index contributed by atoms with van der Waals surface area (Å²) in [5.41, 5.74) is -0.692. The van der Waals surface area contributed by atoms with Crippen molar-refractivity contribution >= 4 is 69.9 Å². The number of hydrogen-bond acceptors (Lipinski definition) is 9. The van der Waals surface area contributed by atoms with Gasteiger partial charge in [0.15, 0.2) is 0 Å². The third-order valence-corrected chi connectivity index (χ3v) is 8.65. The highest BCUT2D eigenvalue weighted by atomic mass is 35.5.